The Balaban J connectivity index is 1.45. The van der Waals surface area contributed by atoms with Crippen molar-refractivity contribution in [1.29, 1.82) is 0 Å². The number of nitrogens with zero attached hydrogens (tertiary/aromatic N) is 1. The summed E-state index contributed by atoms with van der Waals surface area (Å²) in [5.41, 5.74) is 3.64. The molecule has 3 N–H and O–H groups in total. The Kier molecular flexibility index (Phi) is 3.75. The molecule has 3 heterocycles. The summed E-state index contributed by atoms with van der Waals surface area (Å²) in [6.07, 6.45) is 7.21. The van der Waals surface area contributed by atoms with E-state index in [-0.39, 0.29) is 0 Å². The third-order valence-corrected chi connectivity index (χ3v) is 6.48. The van der Waals surface area contributed by atoms with E-state index in [0.29, 0.717) is 6.04 Å². The Morgan fingerprint density at radius 2 is 1.90 bits per heavy atom. The van der Waals surface area contributed by atoms with Gasteiger partial charge in [-0.25, -0.2) is 5.01 Å². The van der Waals surface area contributed by atoms with Gasteiger partial charge in [0.25, 0.3) is 0 Å². The normalized spacial score (nSPS) is 49.6. The third kappa shape index (κ3) is 2.41. The smallest absolute Gasteiger partial charge is 0.0384 e. The Labute approximate surface area is 123 Å². The second-order valence-corrected chi connectivity index (χ2v) is 7.64. The van der Waals surface area contributed by atoms with Gasteiger partial charge in [-0.1, -0.05) is 0 Å². The van der Waals surface area contributed by atoms with Crippen molar-refractivity contribution in [3.05, 3.63) is 0 Å². The maximum absolute atomic E-state index is 3.83. The van der Waals surface area contributed by atoms with Crippen LogP contribution in [-0.4, -0.2) is 50.3 Å². The van der Waals surface area contributed by atoms with Crippen LogP contribution in [0.4, 0.5) is 0 Å². The fourth-order valence-corrected chi connectivity index (χ4v) is 5.46. The summed E-state index contributed by atoms with van der Waals surface area (Å²) in [5, 5.41) is 9.78. The summed E-state index contributed by atoms with van der Waals surface area (Å²) < 4.78 is 0. The van der Waals surface area contributed by atoms with Crippen LogP contribution < -0.4 is 16.1 Å². The minimum absolute atomic E-state index is 0.685. The van der Waals surface area contributed by atoms with Gasteiger partial charge in [0.15, 0.2) is 0 Å². The monoisotopic (exact) mass is 278 g/mol. The van der Waals surface area contributed by atoms with E-state index in [1.807, 2.05) is 0 Å². The molecule has 1 aliphatic carbocycles. The molecule has 3 saturated heterocycles. The lowest BCUT2D eigenvalue weighted by Gasteiger charge is -2.47. The van der Waals surface area contributed by atoms with Crippen LogP contribution in [0.2, 0.25) is 0 Å². The molecule has 4 heteroatoms. The maximum atomic E-state index is 3.83. The van der Waals surface area contributed by atoms with E-state index < -0.39 is 0 Å². The van der Waals surface area contributed by atoms with Gasteiger partial charge in [0.2, 0.25) is 0 Å². The molecule has 20 heavy (non-hydrogen) atoms. The van der Waals surface area contributed by atoms with Crippen LogP contribution in [0.15, 0.2) is 0 Å². The van der Waals surface area contributed by atoms with Gasteiger partial charge < -0.3 is 10.6 Å². The number of nitrogens with one attached hydrogen (secondary N) is 3. The zero-order chi connectivity index (χ0) is 13.5. The van der Waals surface area contributed by atoms with Crippen LogP contribution in [0.5, 0.6) is 0 Å². The largest absolute Gasteiger partial charge is 0.316 e. The molecule has 4 nitrogen and oxygen atoms in total. The molecule has 0 spiro atoms. The Bertz CT molecular complexity index is 341. The first-order valence-corrected chi connectivity index (χ1v) is 8.72. The zero-order valence-corrected chi connectivity index (χ0v) is 12.8. The van der Waals surface area contributed by atoms with Gasteiger partial charge in [-0.15, -0.1) is 0 Å². The van der Waals surface area contributed by atoms with E-state index in [0.717, 1.165) is 29.7 Å². The van der Waals surface area contributed by atoms with Gasteiger partial charge in [0.1, 0.15) is 0 Å². The van der Waals surface area contributed by atoms with E-state index in [9.17, 15) is 0 Å². The third-order valence-electron chi connectivity index (χ3n) is 6.48. The van der Waals surface area contributed by atoms with E-state index in [2.05, 4.69) is 28.1 Å². The van der Waals surface area contributed by atoms with Crippen molar-refractivity contribution in [2.75, 3.05) is 33.2 Å². The van der Waals surface area contributed by atoms with Crippen molar-refractivity contribution >= 4 is 0 Å². The molecule has 4 fully saturated rings. The number of fused-ring (bicyclic) bond motifs is 3. The topological polar surface area (TPSA) is 39.3 Å². The van der Waals surface area contributed by atoms with Crippen molar-refractivity contribution in [2.45, 2.75) is 44.2 Å². The highest BCUT2D eigenvalue weighted by Crippen LogP contribution is 2.43. The first kappa shape index (κ1) is 13.5. The SMILES string of the molecule is CN1CC2C(CNC3CCC(C4CCCNC4)CC32)N1. The van der Waals surface area contributed by atoms with Crippen molar-refractivity contribution in [2.24, 2.45) is 23.7 Å². The molecule has 0 amide bonds. The maximum Gasteiger partial charge on any atom is 0.0384 e. The number of hydrogen-bond donors (Lipinski definition) is 3. The Morgan fingerprint density at radius 3 is 2.75 bits per heavy atom. The molecule has 6 unspecified atom stereocenters. The molecule has 0 aromatic carbocycles. The Hall–Kier alpha value is -0.160. The number of hydrazine groups is 1. The van der Waals surface area contributed by atoms with Gasteiger partial charge in [-0.05, 0) is 68.9 Å². The van der Waals surface area contributed by atoms with E-state index in [1.54, 1.807) is 0 Å². The first-order chi connectivity index (χ1) is 9.81. The molecule has 4 aliphatic rings. The summed E-state index contributed by atoms with van der Waals surface area (Å²) in [6.45, 7) is 4.95. The van der Waals surface area contributed by atoms with Crippen LogP contribution in [0.25, 0.3) is 0 Å². The van der Waals surface area contributed by atoms with Crippen LogP contribution >= 0.6 is 0 Å². The second-order valence-electron chi connectivity index (χ2n) is 7.64. The minimum Gasteiger partial charge on any atom is -0.316 e. The highest BCUT2D eigenvalue weighted by molar-refractivity contribution is 5.01. The average Bonchev–Trinajstić information content (AvgIpc) is 2.88. The fourth-order valence-electron chi connectivity index (χ4n) is 5.46. The standard InChI is InChI=1S/C16H30N4/c1-20-10-14-13-7-11(12-3-2-6-17-8-12)4-5-15(13)18-9-16(14)19-20/h11-19H,2-10H2,1H3. The summed E-state index contributed by atoms with van der Waals surface area (Å²) in [7, 11) is 2.21. The molecule has 114 valence electrons. The molecule has 6 atom stereocenters. The number of rotatable bonds is 1. The van der Waals surface area contributed by atoms with E-state index in [4.69, 9.17) is 0 Å². The van der Waals surface area contributed by atoms with Crippen LogP contribution in [0, 0.1) is 23.7 Å². The van der Waals surface area contributed by atoms with Crippen molar-refractivity contribution in [1.82, 2.24) is 21.1 Å². The minimum atomic E-state index is 0.685. The van der Waals surface area contributed by atoms with Gasteiger partial charge in [0.05, 0.1) is 0 Å². The molecular formula is C16H30N4. The lowest BCUT2D eigenvalue weighted by molar-refractivity contribution is 0.0745. The predicted octanol–water partition coefficient (Wildman–Crippen LogP) is 0.809. The lowest BCUT2D eigenvalue weighted by atomic mass is 9.65. The molecular weight excluding hydrogens is 248 g/mol. The molecule has 4 rings (SSSR count). The number of piperidine rings is 2. The first-order valence-electron chi connectivity index (χ1n) is 8.72. The van der Waals surface area contributed by atoms with Crippen molar-refractivity contribution in [3.63, 3.8) is 0 Å². The van der Waals surface area contributed by atoms with E-state index in [1.165, 1.54) is 58.3 Å². The second kappa shape index (κ2) is 5.56. The summed E-state index contributed by atoms with van der Waals surface area (Å²) in [5.74, 6) is 3.73. The predicted molar refractivity (Wildman–Crippen MR) is 81.3 cm³/mol. The summed E-state index contributed by atoms with van der Waals surface area (Å²) >= 11 is 0. The summed E-state index contributed by atoms with van der Waals surface area (Å²) in [6, 6.07) is 1.49. The van der Waals surface area contributed by atoms with Crippen LogP contribution in [0.1, 0.15) is 32.1 Å². The van der Waals surface area contributed by atoms with Gasteiger partial charge in [-0.3, -0.25) is 5.43 Å². The molecule has 1 saturated carbocycles. The quantitative estimate of drug-likeness (QED) is 0.664. The fraction of sp³-hybridized carbons (Fsp3) is 1.00. The molecule has 3 aliphatic heterocycles. The Morgan fingerprint density at radius 1 is 0.950 bits per heavy atom. The molecule has 0 radical (unpaired) electrons. The van der Waals surface area contributed by atoms with Crippen molar-refractivity contribution < 1.29 is 0 Å². The zero-order valence-electron chi connectivity index (χ0n) is 12.8. The lowest BCUT2D eigenvalue weighted by Crippen LogP contribution is -2.57. The number of hydrogen-bond acceptors (Lipinski definition) is 4. The molecule has 0 aromatic rings. The van der Waals surface area contributed by atoms with Crippen molar-refractivity contribution in [3.8, 4) is 0 Å². The summed E-state index contributed by atoms with van der Waals surface area (Å²) in [4.78, 5) is 0. The van der Waals surface area contributed by atoms with E-state index >= 15 is 0 Å². The molecule has 0 aromatic heterocycles. The van der Waals surface area contributed by atoms with Gasteiger partial charge in [-0.2, -0.15) is 0 Å². The van der Waals surface area contributed by atoms with Crippen LogP contribution in [-0.2, 0) is 0 Å². The van der Waals surface area contributed by atoms with Gasteiger partial charge in [0, 0.05) is 32.2 Å². The highest BCUT2D eigenvalue weighted by Gasteiger charge is 2.46. The average molecular weight is 278 g/mol. The highest BCUT2D eigenvalue weighted by atomic mass is 15.5. The van der Waals surface area contributed by atoms with Gasteiger partial charge >= 0.3 is 0 Å². The molecule has 0 bridgehead atoms. The van der Waals surface area contributed by atoms with Crippen LogP contribution in [0.3, 0.4) is 0 Å².